The van der Waals surface area contributed by atoms with Crippen molar-refractivity contribution < 1.29 is 19.4 Å². The number of aliphatic hydroxyl groups excluding tert-OH is 1. The van der Waals surface area contributed by atoms with Gasteiger partial charge in [-0.05, 0) is 25.6 Å². The van der Waals surface area contributed by atoms with Crippen molar-refractivity contribution in [1.29, 1.82) is 0 Å². The van der Waals surface area contributed by atoms with Gasteiger partial charge in [0.15, 0.2) is 0 Å². The van der Waals surface area contributed by atoms with Crippen LogP contribution >= 0.6 is 0 Å². The van der Waals surface area contributed by atoms with Crippen molar-refractivity contribution in [1.82, 2.24) is 19.8 Å². The highest BCUT2D eigenvalue weighted by atomic mass is 16.5. The number of fused-ring (bicyclic) bond motifs is 9. The number of carbonyl (C=O) groups is 2. The average molecular weight is 480 g/mol. The number of amides is 2. The van der Waals surface area contributed by atoms with Crippen LogP contribution in [0.25, 0.3) is 5.57 Å². The molecule has 2 aromatic rings. The van der Waals surface area contributed by atoms with Crippen LogP contribution < -0.4 is 20.3 Å². The summed E-state index contributed by atoms with van der Waals surface area (Å²) < 4.78 is 5.89. The lowest BCUT2D eigenvalue weighted by atomic mass is 10.1. The Bertz CT molecular complexity index is 1150. The molecule has 0 unspecified atom stereocenters. The van der Waals surface area contributed by atoms with Crippen LogP contribution in [-0.2, 0) is 9.59 Å². The first-order valence-electron chi connectivity index (χ1n) is 11.8. The summed E-state index contributed by atoms with van der Waals surface area (Å²) in [6.45, 7) is 2.94. The zero-order chi connectivity index (χ0) is 24.4. The van der Waals surface area contributed by atoms with E-state index in [1.165, 1.54) is 6.33 Å². The van der Waals surface area contributed by atoms with Crippen molar-refractivity contribution in [2.75, 3.05) is 68.5 Å². The zero-order valence-corrected chi connectivity index (χ0v) is 19.6. The molecule has 0 spiro atoms. The number of aliphatic hydroxyl groups is 1. The van der Waals surface area contributed by atoms with Gasteiger partial charge in [-0.3, -0.25) is 14.5 Å². The van der Waals surface area contributed by atoms with Crippen molar-refractivity contribution in [3.05, 3.63) is 42.4 Å². The maximum absolute atomic E-state index is 13.2. The van der Waals surface area contributed by atoms with Crippen LogP contribution in [0.3, 0.4) is 0 Å². The third-order valence-corrected chi connectivity index (χ3v) is 6.60. The van der Waals surface area contributed by atoms with E-state index in [1.807, 2.05) is 36.2 Å². The van der Waals surface area contributed by atoms with Gasteiger partial charge in [0.25, 0.3) is 5.91 Å². The van der Waals surface area contributed by atoms with Crippen LogP contribution in [0.4, 0.5) is 17.3 Å². The number of aromatic nitrogens is 2. The Labute approximate surface area is 203 Å². The molecule has 6 rings (SSSR count). The van der Waals surface area contributed by atoms with Crippen LogP contribution in [0.15, 0.2) is 36.8 Å². The number of nitrogens with zero attached hydrogens (tertiary/aromatic N) is 5. The van der Waals surface area contributed by atoms with Gasteiger partial charge in [-0.15, -0.1) is 0 Å². The molecule has 5 heterocycles. The molecule has 4 aliphatic rings. The fourth-order valence-corrected chi connectivity index (χ4v) is 4.63. The average Bonchev–Trinajstić information content (AvgIpc) is 3.20. The van der Waals surface area contributed by atoms with Gasteiger partial charge < -0.3 is 30.3 Å². The highest BCUT2D eigenvalue weighted by molar-refractivity contribution is 6.32. The molecule has 11 heteroatoms. The largest absolute Gasteiger partial charge is 0.493 e. The molecule has 0 aliphatic carbocycles. The SMILES string of the molecule is CN1CCCOc2cccc(c2)N/C=C2\C(=O)Nc3ncnc(c32)N2CCN(CC2)C(=O)[C@H]1CO. The zero-order valence-electron chi connectivity index (χ0n) is 19.6. The third-order valence-electron chi connectivity index (χ3n) is 6.60. The lowest BCUT2D eigenvalue weighted by Gasteiger charge is -2.38. The maximum Gasteiger partial charge on any atom is 0.259 e. The molecule has 4 aliphatic heterocycles. The van der Waals surface area contributed by atoms with Crippen LogP contribution in [-0.4, -0.2) is 95.7 Å². The summed E-state index contributed by atoms with van der Waals surface area (Å²) in [5.41, 5.74) is 1.87. The molecule has 4 bridgehead atoms. The molecule has 2 amide bonds. The fraction of sp³-hybridized carbons (Fsp3) is 0.417. The number of rotatable bonds is 1. The summed E-state index contributed by atoms with van der Waals surface area (Å²) in [4.78, 5) is 40.4. The van der Waals surface area contributed by atoms with E-state index < -0.39 is 6.04 Å². The van der Waals surface area contributed by atoms with E-state index in [4.69, 9.17) is 4.74 Å². The first-order chi connectivity index (χ1) is 17.0. The van der Waals surface area contributed by atoms with Gasteiger partial charge in [0.05, 0.1) is 24.4 Å². The van der Waals surface area contributed by atoms with Gasteiger partial charge in [-0.2, -0.15) is 0 Å². The summed E-state index contributed by atoms with van der Waals surface area (Å²) in [6, 6.07) is 6.90. The van der Waals surface area contributed by atoms with E-state index in [-0.39, 0.29) is 18.4 Å². The summed E-state index contributed by atoms with van der Waals surface area (Å²) in [5, 5.41) is 16.0. The third kappa shape index (κ3) is 4.64. The Morgan fingerprint density at radius 3 is 2.71 bits per heavy atom. The first-order valence-corrected chi connectivity index (χ1v) is 11.8. The van der Waals surface area contributed by atoms with Crippen molar-refractivity contribution in [2.45, 2.75) is 12.5 Å². The molecule has 1 saturated heterocycles. The maximum atomic E-state index is 13.2. The van der Waals surface area contributed by atoms with Crippen molar-refractivity contribution in [2.24, 2.45) is 0 Å². The van der Waals surface area contributed by atoms with Gasteiger partial charge in [0.2, 0.25) is 5.91 Å². The summed E-state index contributed by atoms with van der Waals surface area (Å²) in [7, 11) is 1.85. The van der Waals surface area contributed by atoms with Crippen LogP contribution in [0, 0.1) is 0 Å². The predicted octanol–water partition coefficient (Wildman–Crippen LogP) is 0.606. The lowest BCUT2D eigenvalue weighted by molar-refractivity contribution is -0.138. The topological polar surface area (TPSA) is 123 Å². The summed E-state index contributed by atoms with van der Waals surface area (Å²) in [5.74, 6) is 1.47. The van der Waals surface area contributed by atoms with Crippen molar-refractivity contribution in [3.8, 4) is 5.75 Å². The Balaban J connectivity index is 1.49. The number of nitrogens with one attached hydrogen (secondary N) is 2. The molecule has 184 valence electrons. The molecule has 11 nitrogen and oxygen atoms in total. The molecular formula is C24H29N7O4. The number of hydrogen-bond acceptors (Lipinski definition) is 9. The van der Waals surface area contributed by atoms with E-state index in [2.05, 4.69) is 25.5 Å². The van der Waals surface area contributed by atoms with E-state index in [1.54, 1.807) is 11.1 Å². The van der Waals surface area contributed by atoms with Crippen molar-refractivity contribution >= 4 is 34.7 Å². The normalized spacial score (nSPS) is 22.7. The number of benzene rings is 1. The number of carbonyl (C=O) groups excluding carboxylic acids is 2. The van der Waals surface area contributed by atoms with Gasteiger partial charge in [0, 0.05) is 50.7 Å². The Morgan fingerprint density at radius 1 is 1.11 bits per heavy atom. The predicted molar refractivity (Wildman–Crippen MR) is 131 cm³/mol. The summed E-state index contributed by atoms with van der Waals surface area (Å²) >= 11 is 0. The second kappa shape index (κ2) is 9.88. The Kier molecular flexibility index (Phi) is 6.51. The number of piperazine rings is 1. The Hall–Kier alpha value is -3.70. The second-order valence-electron chi connectivity index (χ2n) is 8.80. The minimum Gasteiger partial charge on any atom is -0.493 e. The molecule has 3 N–H and O–H groups in total. The van der Waals surface area contributed by atoms with E-state index in [9.17, 15) is 14.7 Å². The smallest absolute Gasteiger partial charge is 0.259 e. The first kappa shape index (κ1) is 23.1. The van der Waals surface area contributed by atoms with Crippen LogP contribution in [0.5, 0.6) is 5.75 Å². The molecule has 35 heavy (non-hydrogen) atoms. The number of likely N-dealkylation sites (N-methyl/N-ethyl adjacent to an activating group) is 1. The van der Waals surface area contributed by atoms with E-state index in [0.29, 0.717) is 74.3 Å². The second-order valence-corrected chi connectivity index (χ2v) is 8.80. The molecule has 0 radical (unpaired) electrons. The summed E-state index contributed by atoms with van der Waals surface area (Å²) in [6.07, 6.45) is 3.81. The van der Waals surface area contributed by atoms with Gasteiger partial charge >= 0.3 is 0 Å². The minimum absolute atomic E-state index is 0.0873. The lowest BCUT2D eigenvalue weighted by Crippen LogP contribution is -2.55. The van der Waals surface area contributed by atoms with Gasteiger partial charge in [-0.1, -0.05) is 6.07 Å². The quantitative estimate of drug-likeness (QED) is 0.540. The highest BCUT2D eigenvalue weighted by Gasteiger charge is 2.34. The molecule has 1 fully saturated rings. The van der Waals surface area contributed by atoms with E-state index in [0.717, 1.165) is 5.69 Å². The fourth-order valence-electron chi connectivity index (χ4n) is 4.63. The number of ether oxygens (including phenoxy) is 1. The number of anilines is 3. The van der Waals surface area contributed by atoms with E-state index >= 15 is 0 Å². The van der Waals surface area contributed by atoms with Crippen molar-refractivity contribution in [3.63, 3.8) is 0 Å². The van der Waals surface area contributed by atoms with Gasteiger partial charge in [0.1, 0.15) is 29.8 Å². The molecule has 1 aromatic carbocycles. The molecule has 1 atom stereocenters. The van der Waals surface area contributed by atoms with Crippen LogP contribution in [0.1, 0.15) is 12.0 Å². The monoisotopic (exact) mass is 479 g/mol. The highest BCUT2D eigenvalue weighted by Crippen LogP contribution is 2.36. The van der Waals surface area contributed by atoms with Gasteiger partial charge in [-0.25, -0.2) is 9.97 Å². The standard InChI is InChI=1S/C24H29N7O4/c1-29-6-3-11-35-17-5-2-4-16(12-17)25-13-18-20-21(28-23(18)33)26-15-27-22(20)30-7-9-31(10-8-30)24(34)19(29)14-32/h2,4-5,12-13,15,19,25,32H,3,6-11,14H2,1H3,(H,26,27,28,33)/b18-13-/t19-/m1/s1. The Morgan fingerprint density at radius 2 is 1.91 bits per heavy atom. The minimum atomic E-state index is -0.601. The molecule has 1 aromatic heterocycles. The molecular weight excluding hydrogens is 450 g/mol. The molecule has 0 saturated carbocycles. The van der Waals surface area contributed by atoms with Crippen LogP contribution in [0.2, 0.25) is 0 Å². The number of hydrogen-bond donors (Lipinski definition) is 3.